The van der Waals surface area contributed by atoms with Gasteiger partial charge in [-0.15, -0.1) is 0 Å². The molecule has 6 rings (SSSR count). The Morgan fingerprint density at radius 1 is 0.972 bits per heavy atom. The summed E-state index contributed by atoms with van der Waals surface area (Å²) in [7, 11) is 2.20. The van der Waals surface area contributed by atoms with Crippen LogP contribution in [0.5, 0.6) is 0 Å². The summed E-state index contributed by atoms with van der Waals surface area (Å²) in [5.41, 5.74) is 4.30. The largest absolute Gasteiger partial charge is 0.393 e. The lowest BCUT2D eigenvalue weighted by Crippen LogP contribution is -2.43. The van der Waals surface area contributed by atoms with E-state index in [2.05, 4.69) is 56.1 Å². The van der Waals surface area contributed by atoms with Gasteiger partial charge in [-0.2, -0.15) is 10.1 Å². The quantitative estimate of drug-likeness (QED) is 0.520. The lowest BCUT2D eigenvalue weighted by Gasteiger charge is -2.32. The number of aromatic nitrogens is 4. The maximum atomic E-state index is 10.1. The summed E-state index contributed by atoms with van der Waals surface area (Å²) in [5.74, 6) is 1.44. The van der Waals surface area contributed by atoms with Gasteiger partial charge in [-0.25, -0.2) is 9.67 Å². The van der Waals surface area contributed by atoms with Crippen LogP contribution in [0.4, 0.5) is 5.95 Å². The van der Waals surface area contributed by atoms with Gasteiger partial charge >= 0.3 is 0 Å². The summed E-state index contributed by atoms with van der Waals surface area (Å²) in [6, 6.07) is 9.14. The first-order valence-electron chi connectivity index (χ1n) is 13.8. The molecule has 0 bridgehead atoms. The van der Waals surface area contributed by atoms with Crippen LogP contribution in [0.25, 0.3) is 22.3 Å². The van der Waals surface area contributed by atoms with Gasteiger partial charge < -0.3 is 15.3 Å². The molecule has 3 heterocycles. The molecule has 0 unspecified atom stereocenters. The van der Waals surface area contributed by atoms with Gasteiger partial charge in [-0.05, 0) is 57.1 Å². The summed E-state index contributed by atoms with van der Waals surface area (Å²) in [6.07, 6.45) is 9.18. The number of likely N-dealkylation sites (N-methyl/N-ethyl adjacent to an activating group) is 1. The van der Waals surface area contributed by atoms with Gasteiger partial charge in [0.2, 0.25) is 5.95 Å². The Labute approximate surface area is 213 Å². The molecule has 192 valence electrons. The van der Waals surface area contributed by atoms with E-state index in [1.165, 1.54) is 24.8 Å². The number of rotatable bonds is 7. The third-order valence-corrected chi connectivity index (χ3v) is 8.46. The van der Waals surface area contributed by atoms with E-state index in [0.717, 1.165) is 93.2 Å². The van der Waals surface area contributed by atoms with Gasteiger partial charge in [0.15, 0.2) is 5.65 Å². The van der Waals surface area contributed by atoms with Crippen LogP contribution in [0, 0.1) is 5.92 Å². The third kappa shape index (κ3) is 5.12. The van der Waals surface area contributed by atoms with Gasteiger partial charge in [0.05, 0.1) is 17.5 Å². The first-order chi connectivity index (χ1) is 17.6. The summed E-state index contributed by atoms with van der Waals surface area (Å²) in [5, 5.41) is 19.6. The fraction of sp³-hybridized carbons (Fsp3) is 0.607. The fourth-order valence-corrected chi connectivity index (χ4v) is 5.74. The lowest BCUT2D eigenvalue weighted by atomic mass is 9.85. The standard InChI is InChI=1S/C28H39N7O/c1-33-13-15-34(16-14-33)19-21-5-7-22(8-6-21)26-25-18-30-28(29-17-20-3-2-4-20)31-27(25)35(32-26)23-9-11-24(36)12-10-23/h5-8,18,20,23-24,36H,2-4,9-17,19H2,1H3,(H,29,30,31). The van der Waals surface area contributed by atoms with Crippen LogP contribution in [-0.2, 0) is 6.54 Å². The summed E-state index contributed by atoms with van der Waals surface area (Å²) >= 11 is 0. The number of anilines is 1. The first kappa shape index (κ1) is 23.8. The zero-order valence-corrected chi connectivity index (χ0v) is 21.4. The minimum Gasteiger partial charge on any atom is -0.393 e. The second-order valence-electron chi connectivity index (χ2n) is 11.1. The van der Waals surface area contributed by atoms with E-state index in [0.29, 0.717) is 5.95 Å². The van der Waals surface area contributed by atoms with Crippen LogP contribution in [0.3, 0.4) is 0 Å². The van der Waals surface area contributed by atoms with E-state index in [4.69, 9.17) is 10.1 Å². The molecule has 0 atom stereocenters. The average Bonchev–Trinajstić information content (AvgIpc) is 3.24. The van der Waals surface area contributed by atoms with Crippen LogP contribution in [0.1, 0.15) is 56.6 Å². The first-order valence-corrected chi connectivity index (χ1v) is 13.8. The van der Waals surface area contributed by atoms with Crippen LogP contribution < -0.4 is 5.32 Å². The molecule has 2 N–H and O–H groups in total. The molecular formula is C28H39N7O. The Hall–Kier alpha value is -2.55. The monoisotopic (exact) mass is 489 g/mol. The lowest BCUT2D eigenvalue weighted by molar-refractivity contribution is 0.109. The van der Waals surface area contributed by atoms with Crippen LogP contribution in [0.2, 0.25) is 0 Å². The Morgan fingerprint density at radius 3 is 2.42 bits per heavy atom. The molecular weight excluding hydrogens is 450 g/mol. The summed E-state index contributed by atoms with van der Waals surface area (Å²) in [6.45, 7) is 6.45. The number of hydrogen-bond acceptors (Lipinski definition) is 7. The normalized spacial score (nSPS) is 24.2. The minimum atomic E-state index is -0.190. The Bertz CT molecular complexity index is 1160. The zero-order chi connectivity index (χ0) is 24.5. The predicted molar refractivity (Wildman–Crippen MR) is 143 cm³/mol. The molecule has 8 nitrogen and oxygen atoms in total. The number of nitrogens with zero attached hydrogens (tertiary/aromatic N) is 6. The molecule has 0 amide bonds. The van der Waals surface area contributed by atoms with E-state index in [-0.39, 0.29) is 12.1 Å². The molecule has 36 heavy (non-hydrogen) atoms. The molecule has 1 saturated heterocycles. The molecule has 3 fully saturated rings. The van der Waals surface area contributed by atoms with Crippen LogP contribution in [0.15, 0.2) is 30.5 Å². The van der Waals surface area contributed by atoms with E-state index >= 15 is 0 Å². The highest BCUT2D eigenvalue weighted by Crippen LogP contribution is 2.35. The van der Waals surface area contributed by atoms with Crippen molar-refractivity contribution >= 4 is 17.0 Å². The fourth-order valence-electron chi connectivity index (χ4n) is 5.74. The number of piperazine rings is 1. The molecule has 3 aromatic rings. The minimum absolute atomic E-state index is 0.190. The van der Waals surface area contributed by atoms with Crippen molar-refractivity contribution in [3.8, 4) is 11.3 Å². The van der Waals surface area contributed by atoms with Gasteiger partial charge in [-0.3, -0.25) is 4.90 Å². The molecule has 2 saturated carbocycles. The van der Waals surface area contributed by atoms with E-state index < -0.39 is 0 Å². The van der Waals surface area contributed by atoms with Crippen molar-refractivity contribution in [2.75, 3.05) is 45.1 Å². The summed E-state index contributed by atoms with van der Waals surface area (Å²) in [4.78, 5) is 14.5. The number of hydrogen-bond donors (Lipinski definition) is 2. The van der Waals surface area contributed by atoms with Crippen molar-refractivity contribution in [1.82, 2.24) is 29.5 Å². The van der Waals surface area contributed by atoms with Crippen LogP contribution >= 0.6 is 0 Å². The highest BCUT2D eigenvalue weighted by Gasteiger charge is 2.26. The SMILES string of the molecule is CN1CCN(Cc2ccc(-c3nn(C4CCC(O)CC4)c4nc(NCC5CCC5)ncc34)cc2)CC1. The molecule has 8 heteroatoms. The molecule has 3 aliphatic rings. The van der Waals surface area contributed by atoms with Crippen molar-refractivity contribution in [2.24, 2.45) is 5.92 Å². The Balaban J connectivity index is 1.26. The molecule has 0 radical (unpaired) electrons. The maximum absolute atomic E-state index is 10.1. The predicted octanol–water partition coefficient (Wildman–Crippen LogP) is 3.93. The molecule has 1 aromatic carbocycles. The van der Waals surface area contributed by atoms with E-state index in [1.807, 2.05) is 6.20 Å². The Kier molecular flexibility index (Phi) is 6.91. The second kappa shape index (κ2) is 10.4. The number of fused-ring (bicyclic) bond motifs is 1. The van der Waals surface area contributed by atoms with Crippen molar-refractivity contribution in [3.63, 3.8) is 0 Å². The highest BCUT2D eigenvalue weighted by atomic mass is 16.3. The van der Waals surface area contributed by atoms with Crippen molar-refractivity contribution in [3.05, 3.63) is 36.0 Å². The Morgan fingerprint density at radius 2 is 1.72 bits per heavy atom. The van der Waals surface area contributed by atoms with Gasteiger partial charge in [0.1, 0.15) is 5.69 Å². The van der Waals surface area contributed by atoms with Gasteiger partial charge in [0, 0.05) is 51.0 Å². The summed E-state index contributed by atoms with van der Waals surface area (Å²) < 4.78 is 2.12. The van der Waals surface area contributed by atoms with E-state index in [1.54, 1.807) is 0 Å². The number of aliphatic hydroxyl groups excluding tert-OH is 1. The van der Waals surface area contributed by atoms with E-state index in [9.17, 15) is 5.11 Å². The molecule has 0 spiro atoms. The average molecular weight is 490 g/mol. The second-order valence-corrected chi connectivity index (χ2v) is 11.1. The third-order valence-electron chi connectivity index (χ3n) is 8.46. The molecule has 1 aliphatic heterocycles. The number of aliphatic hydroxyl groups is 1. The topological polar surface area (TPSA) is 82.3 Å². The van der Waals surface area contributed by atoms with Gasteiger partial charge in [-0.1, -0.05) is 30.7 Å². The highest BCUT2D eigenvalue weighted by molar-refractivity contribution is 5.91. The van der Waals surface area contributed by atoms with Crippen LogP contribution in [-0.4, -0.2) is 80.5 Å². The smallest absolute Gasteiger partial charge is 0.224 e. The van der Waals surface area contributed by atoms with Gasteiger partial charge in [0.25, 0.3) is 0 Å². The molecule has 2 aliphatic carbocycles. The van der Waals surface area contributed by atoms with Crippen molar-refractivity contribution in [2.45, 2.75) is 63.6 Å². The maximum Gasteiger partial charge on any atom is 0.224 e. The number of nitrogens with one attached hydrogen (secondary N) is 1. The molecule has 2 aromatic heterocycles. The number of benzene rings is 1. The van der Waals surface area contributed by atoms with Crippen molar-refractivity contribution in [1.29, 1.82) is 0 Å². The van der Waals surface area contributed by atoms with Crippen molar-refractivity contribution < 1.29 is 5.11 Å². The zero-order valence-electron chi connectivity index (χ0n) is 21.4.